The van der Waals surface area contributed by atoms with Crippen LogP contribution in [0.5, 0.6) is 0 Å². The SMILES string of the molecule is C=CCCCC(O)c1cc(F)ccc1Br. The first-order valence-electron chi connectivity index (χ1n) is 4.89. The minimum Gasteiger partial charge on any atom is -0.388 e. The molecule has 0 saturated heterocycles. The lowest BCUT2D eigenvalue weighted by Gasteiger charge is -2.12. The molecule has 0 amide bonds. The van der Waals surface area contributed by atoms with Crippen LogP contribution in [0.2, 0.25) is 0 Å². The normalized spacial score (nSPS) is 12.5. The molecule has 0 radical (unpaired) electrons. The van der Waals surface area contributed by atoms with E-state index in [0.717, 1.165) is 17.3 Å². The maximum absolute atomic E-state index is 12.9. The van der Waals surface area contributed by atoms with Crippen LogP contribution in [0, 0.1) is 5.82 Å². The van der Waals surface area contributed by atoms with Crippen LogP contribution >= 0.6 is 15.9 Å². The van der Waals surface area contributed by atoms with E-state index in [1.165, 1.54) is 12.1 Å². The molecule has 1 N–H and O–H groups in total. The molecule has 15 heavy (non-hydrogen) atoms. The fraction of sp³-hybridized carbons (Fsp3) is 0.333. The van der Waals surface area contributed by atoms with Gasteiger partial charge in [-0.1, -0.05) is 22.0 Å². The van der Waals surface area contributed by atoms with Gasteiger partial charge in [-0.2, -0.15) is 0 Å². The van der Waals surface area contributed by atoms with Crippen LogP contribution in [0.25, 0.3) is 0 Å². The predicted molar refractivity (Wildman–Crippen MR) is 63.1 cm³/mol. The zero-order chi connectivity index (χ0) is 11.3. The third-order valence-electron chi connectivity index (χ3n) is 2.20. The van der Waals surface area contributed by atoms with Gasteiger partial charge < -0.3 is 5.11 Å². The van der Waals surface area contributed by atoms with Crippen molar-refractivity contribution in [2.75, 3.05) is 0 Å². The van der Waals surface area contributed by atoms with Crippen molar-refractivity contribution in [2.45, 2.75) is 25.4 Å². The van der Waals surface area contributed by atoms with Gasteiger partial charge in [0.15, 0.2) is 0 Å². The second-order valence-corrected chi connectivity index (χ2v) is 4.26. The lowest BCUT2D eigenvalue weighted by Crippen LogP contribution is -1.99. The Morgan fingerprint density at radius 3 is 2.93 bits per heavy atom. The molecule has 0 fully saturated rings. The highest BCUT2D eigenvalue weighted by molar-refractivity contribution is 9.10. The van der Waals surface area contributed by atoms with E-state index in [-0.39, 0.29) is 5.82 Å². The number of rotatable bonds is 5. The Bertz CT molecular complexity index is 338. The van der Waals surface area contributed by atoms with Crippen molar-refractivity contribution < 1.29 is 9.50 Å². The van der Waals surface area contributed by atoms with Crippen LogP contribution in [-0.4, -0.2) is 5.11 Å². The number of aliphatic hydroxyl groups excluding tert-OH is 1. The quantitative estimate of drug-likeness (QED) is 0.635. The molecule has 82 valence electrons. The first-order valence-corrected chi connectivity index (χ1v) is 5.68. The number of hydrogen-bond acceptors (Lipinski definition) is 1. The summed E-state index contributed by atoms with van der Waals surface area (Å²) >= 11 is 3.29. The van der Waals surface area contributed by atoms with Crippen molar-refractivity contribution >= 4 is 15.9 Å². The van der Waals surface area contributed by atoms with Gasteiger partial charge >= 0.3 is 0 Å². The average Bonchev–Trinajstić information content (AvgIpc) is 2.22. The van der Waals surface area contributed by atoms with Crippen LogP contribution in [0.4, 0.5) is 4.39 Å². The van der Waals surface area contributed by atoms with E-state index in [0.29, 0.717) is 12.0 Å². The standard InChI is InChI=1S/C12H14BrFO/c1-2-3-4-5-12(15)10-8-9(14)6-7-11(10)13/h2,6-8,12,15H,1,3-5H2. The Balaban J connectivity index is 2.67. The number of allylic oxidation sites excluding steroid dienone is 1. The number of aliphatic hydroxyl groups is 1. The lowest BCUT2D eigenvalue weighted by atomic mass is 10.0. The summed E-state index contributed by atoms with van der Waals surface area (Å²) in [5.74, 6) is -0.323. The molecule has 3 heteroatoms. The van der Waals surface area contributed by atoms with Crippen LogP contribution in [0.15, 0.2) is 35.3 Å². The van der Waals surface area contributed by atoms with Gasteiger partial charge in [-0.25, -0.2) is 4.39 Å². The highest BCUT2D eigenvalue weighted by Crippen LogP contribution is 2.27. The monoisotopic (exact) mass is 272 g/mol. The summed E-state index contributed by atoms with van der Waals surface area (Å²) in [5.41, 5.74) is 0.610. The fourth-order valence-electron chi connectivity index (χ4n) is 1.38. The van der Waals surface area contributed by atoms with E-state index < -0.39 is 6.10 Å². The molecule has 1 rings (SSSR count). The minimum atomic E-state index is -0.616. The Morgan fingerprint density at radius 2 is 2.27 bits per heavy atom. The van der Waals surface area contributed by atoms with Gasteiger partial charge in [0.1, 0.15) is 5.82 Å². The van der Waals surface area contributed by atoms with E-state index >= 15 is 0 Å². The zero-order valence-corrected chi connectivity index (χ0v) is 10.0. The average molecular weight is 273 g/mol. The summed E-state index contributed by atoms with van der Waals surface area (Å²) in [6.45, 7) is 3.61. The van der Waals surface area contributed by atoms with Crippen LogP contribution < -0.4 is 0 Å². The molecule has 0 aliphatic rings. The summed E-state index contributed by atoms with van der Waals surface area (Å²) in [5, 5.41) is 9.82. The van der Waals surface area contributed by atoms with Crippen LogP contribution in [0.3, 0.4) is 0 Å². The fourth-order valence-corrected chi connectivity index (χ4v) is 1.89. The topological polar surface area (TPSA) is 20.2 Å². The van der Waals surface area contributed by atoms with Crippen molar-refractivity contribution in [3.05, 3.63) is 46.7 Å². The summed E-state index contributed by atoms with van der Waals surface area (Å²) in [4.78, 5) is 0. The summed E-state index contributed by atoms with van der Waals surface area (Å²) in [7, 11) is 0. The van der Waals surface area contributed by atoms with Gasteiger partial charge in [-0.05, 0) is 43.0 Å². The van der Waals surface area contributed by atoms with Gasteiger partial charge in [0, 0.05) is 4.47 Å². The van der Waals surface area contributed by atoms with Crippen molar-refractivity contribution in [1.82, 2.24) is 0 Å². The molecule has 0 saturated carbocycles. The summed E-state index contributed by atoms with van der Waals surface area (Å²) in [6, 6.07) is 4.34. The van der Waals surface area contributed by atoms with Crippen LogP contribution in [-0.2, 0) is 0 Å². The van der Waals surface area contributed by atoms with Crippen molar-refractivity contribution in [3.63, 3.8) is 0 Å². The highest BCUT2D eigenvalue weighted by atomic mass is 79.9. The lowest BCUT2D eigenvalue weighted by molar-refractivity contribution is 0.164. The third kappa shape index (κ3) is 3.76. The number of halogens is 2. The zero-order valence-electron chi connectivity index (χ0n) is 8.42. The van der Waals surface area contributed by atoms with Gasteiger partial charge in [0.25, 0.3) is 0 Å². The number of unbranched alkanes of at least 4 members (excludes halogenated alkanes) is 1. The Morgan fingerprint density at radius 1 is 1.53 bits per heavy atom. The van der Waals surface area contributed by atoms with Crippen molar-refractivity contribution in [2.24, 2.45) is 0 Å². The van der Waals surface area contributed by atoms with Crippen molar-refractivity contribution in [1.29, 1.82) is 0 Å². The Labute approximate surface area is 97.8 Å². The van der Waals surface area contributed by atoms with Gasteiger partial charge in [0.05, 0.1) is 6.10 Å². The minimum absolute atomic E-state index is 0.323. The predicted octanol–water partition coefficient (Wildman–Crippen LogP) is 3.98. The first-order chi connectivity index (χ1) is 7.15. The molecule has 0 heterocycles. The molecule has 0 aliphatic heterocycles. The second-order valence-electron chi connectivity index (χ2n) is 3.40. The molecular formula is C12H14BrFO. The number of hydrogen-bond donors (Lipinski definition) is 1. The molecule has 1 aromatic carbocycles. The molecule has 1 aromatic rings. The molecule has 0 spiro atoms. The Kier molecular flexibility index (Phi) is 4.99. The van der Waals surface area contributed by atoms with Crippen LogP contribution in [0.1, 0.15) is 30.9 Å². The summed E-state index contributed by atoms with van der Waals surface area (Å²) in [6.07, 6.45) is 3.54. The van der Waals surface area contributed by atoms with Gasteiger partial charge in [-0.3, -0.25) is 0 Å². The molecule has 0 aromatic heterocycles. The van der Waals surface area contributed by atoms with E-state index in [9.17, 15) is 9.50 Å². The largest absolute Gasteiger partial charge is 0.388 e. The van der Waals surface area contributed by atoms with Gasteiger partial charge in [0.2, 0.25) is 0 Å². The van der Waals surface area contributed by atoms with Crippen molar-refractivity contribution in [3.8, 4) is 0 Å². The molecular weight excluding hydrogens is 259 g/mol. The highest BCUT2D eigenvalue weighted by Gasteiger charge is 2.11. The molecule has 0 aliphatic carbocycles. The smallest absolute Gasteiger partial charge is 0.123 e. The van der Waals surface area contributed by atoms with E-state index in [1.807, 2.05) is 6.08 Å². The maximum Gasteiger partial charge on any atom is 0.123 e. The van der Waals surface area contributed by atoms with Gasteiger partial charge in [-0.15, -0.1) is 6.58 Å². The second kappa shape index (κ2) is 6.03. The molecule has 1 nitrogen and oxygen atoms in total. The summed E-state index contributed by atoms with van der Waals surface area (Å²) < 4.78 is 13.7. The Hall–Kier alpha value is -0.670. The van der Waals surface area contributed by atoms with E-state index in [4.69, 9.17) is 0 Å². The molecule has 0 bridgehead atoms. The first kappa shape index (κ1) is 12.4. The molecule has 1 unspecified atom stereocenters. The number of benzene rings is 1. The van der Waals surface area contributed by atoms with E-state index in [2.05, 4.69) is 22.5 Å². The third-order valence-corrected chi connectivity index (χ3v) is 2.93. The maximum atomic E-state index is 12.9. The van der Waals surface area contributed by atoms with E-state index in [1.54, 1.807) is 6.07 Å². The molecule has 1 atom stereocenters.